The van der Waals surface area contributed by atoms with E-state index in [-0.39, 0.29) is 0 Å². The van der Waals surface area contributed by atoms with Gasteiger partial charge in [-0.3, -0.25) is 4.79 Å². The maximum absolute atomic E-state index is 11.0. The van der Waals surface area contributed by atoms with Gasteiger partial charge in [0, 0.05) is 32.3 Å². The average Bonchev–Trinajstić information content (AvgIpc) is 2.58. The van der Waals surface area contributed by atoms with Crippen LogP contribution in [0.3, 0.4) is 0 Å². The normalized spacial score (nSPS) is 23.4. The highest BCUT2D eigenvalue weighted by Gasteiger charge is 2.23. The fourth-order valence-corrected chi connectivity index (χ4v) is 1.87. The zero-order valence-electron chi connectivity index (χ0n) is 7.29. The first kappa shape index (κ1) is 7.59. The Balaban J connectivity index is 2.15. The lowest BCUT2D eigenvalue weighted by atomic mass is 10.0. The molecule has 1 atom stereocenters. The number of aryl methyl sites for hydroxylation is 1. The van der Waals surface area contributed by atoms with Crippen molar-refractivity contribution in [1.82, 2.24) is 4.57 Å². The molecule has 1 fully saturated rings. The summed E-state index contributed by atoms with van der Waals surface area (Å²) in [6.07, 6.45) is 6.73. The number of nitrogens with zero attached hydrogens (tertiary/aromatic N) is 1. The van der Waals surface area contributed by atoms with Crippen molar-refractivity contribution in [3.8, 4) is 0 Å². The van der Waals surface area contributed by atoms with E-state index < -0.39 is 0 Å². The van der Waals surface area contributed by atoms with Gasteiger partial charge in [0.1, 0.15) is 5.78 Å². The van der Waals surface area contributed by atoms with Crippen LogP contribution in [-0.2, 0) is 11.8 Å². The zero-order valence-corrected chi connectivity index (χ0v) is 7.29. The number of ketones is 1. The van der Waals surface area contributed by atoms with Crippen LogP contribution in [0.25, 0.3) is 0 Å². The third-order valence-electron chi connectivity index (χ3n) is 2.57. The second-order valence-corrected chi connectivity index (χ2v) is 3.59. The summed E-state index contributed by atoms with van der Waals surface area (Å²) in [5, 5.41) is 0. The standard InChI is InChI=1S/C10H13NO/c1-11-5-4-9(7-11)8-2-3-10(12)6-8/h4-5,7-8H,2-3,6H2,1H3. The lowest BCUT2D eigenvalue weighted by Crippen LogP contribution is -1.92. The van der Waals surface area contributed by atoms with E-state index >= 15 is 0 Å². The second-order valence-electron chi connectivity index (χ2n) is 3.59. The first-order valence-electron chi connectivity index (χ1n) is 4.39. The Labute approximate surface area is 72.2 Å². The second kappa shape index (κ2) is 2.77. The van der Waals surface area contributed by atoms with Crippen molar-refractivity contribution in [2.24, 2.45) is 7.05 Å². The van der Waals surface area contributed by atoms with Crippen LogP contribution in [0.5, 0.6) is 0 Å². The molecular formula is C10H13NO. The van der Waals surface area contributed by atoms with Crippen LogP contribution in [0.4, 0.5) is 0 Å². The van der Waals surface area contributed by atoms with Crippen LogP contribution in [0.1, 0.15) is 30.7 Å². The molecule has 1 unspecified atom stereocenters. The highest BCUT2D eigenvalue weighted by atomic mass is 16.1. The highest BCUT2D eigenvalue weighted by molar-refractivity contribution is 5.81. The molecule has 2 rings (SSSR count). The summed E-state index contributed by atoms with van der Waals surface area (Å²) in [4.78, 5) is 11.0. The topological polar surface area (TPSA) is 22.0 Å². The molecule has 0 radical (unpaired) electrons. The van der Waals surface area contributed by atoms with Gasteiger partial charge >= 0.3 is 0 Å². The van der Waals surface area contributed by atoms with E-state index in [1.807, 2.05) is 17.8 Å². The predicted octanol–water partition coefficient (Wildman–Crippen LogP) is 1.86. The van der Waals surface area contributed by atoms with Crippen molar-refractivity contribution in [2.45, 2.75) is 25.2 Å². The number of carbonyl (C=O) groups is 1. The Morgan fingerprint density at radius 2 is 2.42 bits per heavy atom. The Hall–Kier alpha value is -1.05. The van der Waals surface area contributed by atoms with Crippen molar-refractivity contribution >= 4 is 5.78 Å². The minimum atomic E-state index is 0.420. The van der Waals surface area contributed by atoms with Gasteiger partial charge in [0.15, 0.2) is 0 Å². The molecule has 0 N–H and O–H groups in total. The van der Waals surface area contributed by atoms with Gasteiger partial charge in [0.25, 0.3) is 0 Å². The number of hydrogen-bond donors (Lipinski definition) is 0. The minimum absolute atomic E-state index is 0.420. The van der Waals surface area contributed by atoms with E-state index in [2.05, 4.69) is 12.3 Å². The van der Waals surface area contributed by atoms with E-state index in [0.717, 1.165) is 19.3 Å². The number of aromatic nitrogens is 1. The van der Waals surface area contributed by atoms with Crippen molar-refractivity contribution in [3.05, 3.63) is 24.0 Å². The predicted molar refractivity (Wildman–Crippen MR) is 47.0 cm³/mol. The van der Waals surface area contributed by atoms with Crippen LogP contribution in [-0.4, -0.2) is 10.4 Å². The molecule has 2 nitrogen and oxygen atoms in total. The maximum Gasteiger partial charge on any atom is 0.133 e. The SMILES string of the molecule is Cn1ccc(C2CCC(=O)C2)c1. The molecule has 12 heavy (non-hydrogen) atoms. The van der Waals surface area contributed by atoms with Crippen LogP contribution < -0.4 is 0 Å². The number of rotatable bonds is 1. The number of carbonyl (C=O) groups excluding carboxylic acids is 1. The summed E-state index contributed by atoms with van der Waals surface area (Å²) in [5.41, 5.74) is 1.32. The molecule has 1 heterocycles. The molecule has 0 bridgehead atoms. The van der Waals surface area contributed by atoms with Gasteiger partial charge in [0.05, 0.1) is 0 Å². The Morgan fingerprint density at radius 1 is 1.58 bits per heavy atom. The molecule has 0 spiro atoms. The molecule has 1 aliphatic carbocycles. The van der Waals surface area contributed by atoms with E-state index in [1.54, 1.807) is 0 Å². The Morgan fingerprint density at radius 3 is 2.92 bits per heavy atom. The third-order valence-corrected chi connectivity index (χ3v) is 2.57. The monoisotopic (exact) mass is 163 g/mol. The van der Waals surface area contributed by atoms with Gasteiger partial charge in [0.2, 0.25) is 0 Å². The molecule has 0 saturated heterocycles. The fourth-order valence-electron chi connectivity index (χ4n) is 1.87. The summed E-state index contributed by atoms with van der Waals surface area (Å²) >= 11 is 0. The number of hydrogen-bond acceptors (Lipinski definition) is 1. The first-order valence-corrected chi connectivity index (χ1v) is 4.39. The van der Waals surface area contributed by atoms with Gasteiger partial charge in [-0.2, -0.15) is 0 Å². The van der Waals surface area contributed by atoms with Crippen LogP contribution in [0.2, 0.25) is 0 Å². The van der Waals surface area contributed by atoms with Crippen molar-refractivity contribution < 1.29 is 4.79 Å². The van der Waals surface area contributed by atoms with Gasteiger partial charge in [-0.1, -0.05) is 0 Å². The van der Waals surface area contributed by atoms with E-state index in [0.29, 0.717) is 11.7 Å². The Bertz CT molecular complexity index is 301. The smallest absolute Gasteiger partial charge is 0.133 e. The third kappa shape index (κ3) is 1.29. The molecule has 1 aromatic rings. The van der Waals surface area contributed by atoms with E-state index in [1.165, 1.54) is 5.56 Å². The summed E-state index contributed by atoms with van der Waals surface area (Å²) < 4.78 is 2.04. The molecule has 1 aromatic heterocycles. The van der Waals surface area contributed by atoms with Crippen LogP contribution in [0.15, 0.2) is 18.5 Å². The lowest BCUT2D eigenvalue weighted by Gasteiger charge is -2.03. The summed E-state index contributed by atoms with van der Waals surface area (Å²) in [6, 6.07) is 2.11. The van der Waals surface area contributed by atoms with Gasteiger partial charge in [-0.15, -0.1) is 0 Å². The molecule has 0 amide bonds. The molecule has 64 valence electrons. The molecule has 0 aromatic carbocycles. The summed E-state index contributed by atoms with van der Waals surface area (Å²) in [7, 11) is 2.01. The molecule has 0 aliphatic heterocycles. The van der Waals surface area contributed by atoms with Crippen molar-refractivity contribution in [1.29, 1.82) is 0 Å². The molecule has 1 saturated carbocycles. The quantitative estimate of drug-likeness (QED) is 0.619. The van der Waals surface area contributed by atoms with Gasteiger partial charge < -0.3 is 4.57 Å². The largest absolute Gasteiger partial charge is 0.357 e. The van der Waals surface area contributed by atoms with Crippen LogP contribution >= 0.6 is 0 Å². The first-order chi connectivity index (χ1) is 5.75. The van der Waals surface area contributed by atoms with E-state index in [9.17, 15) is 4.79 Å². The molecular weight excluding hydrogens is 150 g/mol. The minimum Gasteiger partial charge on any atom is -0.357 e. The van der Waals surface area contributed by atoms with Crippen molar-refractivity contribution in [3.63, 3.8) is 0 Å². The molecule has 2 heteroatoms. The van der Waals surface area contributed by atoms with Gasteiger partial charge in [-0.05, 0) is 24.0 Å². The highest BCUT2D eigenvalue weighted by Crippen LogP contribution is 2.31. The lowest BCUT2D eigenvalue weighted by molar-refractivity contribution is -0.117. The number of Topliss-reactive ketones (excluding diaryl/α,β-unsaturated/α-hetero) is 1. The fraction of sp³-hybridized carbons (Fsp3) is 0.500. The summed E-state index contributed by atoms with van der Waals surface area (Å²) in [6.45, 7) is 0. The Kier molecular flexibility index (Phi) is 1.75. The maximum atomic E-state index is 11.0. The zero-order chi connectivity index (χ0) is 8.55. The molecule has 1 aliphatic rings. The van der Waals surface area contributed by atoms with Crippen molar-refractivity contribution in [2.75, 3.05) is 0 Å². The van der Waals surface area contributed by atoms with E-state index in [4.69, 9.17) is 0 Å². The average molecular weight is 163 g/mol. The summed E-state index contributed by atoms with van der Waals surface area (Å²) in [5.74, 6) is 0.919. The van der Waals surface area contributed by atoms with Gasteiger partial charge in [-0.25, -0.2) is 0 Å². The van der Waals surface area contributed by atoms with Crippen LogP contribution in [0, 0.1) is 0 Å².